The molecule has 0 saturated heterocycles. The molecule has 0 unspecified atom stereocenters. The summed E-state index contributed by atoms with van der Waals surface area (Å²) in [6, 6.07) is 7.62. The summed E-state index contributed by atoms with van der Waals surface area (Å²) in [4.78, 5) is 2.08. The van der Waals surface area contributed by atoms with Crippen molar-refractivity contribution in [2.75, 3.05) is 33.4 Å². The highest BCUT2D eigenvalue weighted by Gasteiger charge is 2.21. The molecule has 108 valence electrons. The van der Waals surface area contributed by atoms with Crippen molar-refractivity contribution < 1.29 is 14.6 Å². The SMILES string of the molecule is CCOc1ccc(OCCN(C)C(C)(C)CO)cc1. The molecule has 0 aliphatic carbocycles. The first kappa shape index (κ1) is 15.8. The highest BCUT2D eigenvalue weighted by Crippen LogP contribution is 2.17. The molecule has 0 atom stereocenters. The number of benzene rings is 1. The van der Waals surface area contributed by atoms with E-state index in [-0.39, 0.29) is 12.1 Å². The van der Waals surface area contributed by atoms with E-state index in [0.29, 0.717) is 13.2 Å². The molecule has 0 aliphatic rings. The number of hydrogen-bond acceptors (Lipinski definition) is 4. The van der Waals surface area contributed by atoms with Crippen LogP contribution in [0.2, 0.25) is 0 Å². The van der Waals surface area contributed by atoms with Crippen LogP contribution in [0.1, 0.15) is 20.8 Å². The maximum Gasteiger partial charge on any atom is 0.119 e. The molecule has 0 radical (unpaired) electrons. The van der Waals surface area contributed by atoms with Crippen LogP contribution in [-0.4, -0.2) is 49.0 Å². The van der Waals surface area contributed by atoms with E-state index in [9.17, 15) is 5.11 Å². The molecule has 1 aromatic carbocycles. The fourth-order valence-electron chi connectivity index (χ4n) is 1.52. The minimum absolute atomic E-state index is 0.132. The summed E-state index contributed by atoms with van der Waals surface area (Å²) in [7, 11) is 1.98. The van der Waals surface area contributed by atoms with Gasteiger partial charge in [-0.15, -0.1) is 0 Å². The third-order valence-corrected chi connectivity index (χ3v) is 3.25. The van der Waals surface area contributed by atoms with Crippen LogP contribution in [0.3, 0.4) is 0 Å². The van der Waals surface area contributed by atoms with Crippen LogP contribution >= 0.6 is 0 Å². The average molecular weight is 267 g/mol. The first-order valence-electron chi connectivity index (χ1n) is 6.67. The van der Waals surface area contributed by atoms with E-state index in [1.54, 1.807) is 0 Å². The number of ether oxygens (including phenoxy) is 2. The van der Waals surface area contributed by atoms with Crippen LogP contribution in [0, 0.1) is 0 Å². The third kappa shape index (κ3) is 5.09. The Morgan fingerprint density at radius 1 is 1.11 bits per heavy atom. The van der Waals surface area contributed by atoms with Crippen molar-refractivity contribution in [1.29, 1.82) is 0 Å². The molecular weight excluding hydrogens is 242 g/mol. The Morgan fingerprint density at radius 2 is 1.63 bits per heavy atom. The van der Waals surface area contributed by atoms with Crippen molar-refractivity contribution in [1.82, 2.24) is 4.90 Å². The minimum atomic E-state index is -0.220. The van der Waals surface area contributed by atoms with E-state index in [2.05, 4.69) is 4.90 Å². The lowest BCUT2D eigenvalue weighted by Gasteiger charge is -2.33. The van der Waals surface area contributed by atoms with E-state index < -0.39 is 0 Å². The summed E-state index contributed by atoms with van der Waals surface area (Å²) >= 11 is 0. The Hall–Kier alpha value is -1.26. The number of aliphatic hydroxyl groups excluding tert-OH is 1. The van der Waals surface area contributed by atoms with E-state index >= 15 is 0 Å². The summed E-state index contributed by atoms with van der Waals surface area (Å²) in [5.74, 6) is 1.69. The average Bonchev–Trinajstić information content (AvgIpc) is 2.41. The Kier molecular flexibility index (Phi) is 6.12. The van der Waals surface area contributed by atoms with E-state index in [4.69, 9.17) is 9.47 Å². The Balaban J connectivity index is 2.37. The lowest BCUT2D eigenvalue weighted by atomic mass is 10.1. The van der Waals surface area contributed by atoms with Gasteiger partial charge in [-0.25, -0.2) is 0 Å². The van der Waals surface area contributed by atoms with Gasteiger partial charge in [-0.2, -0.15) is 0 Å². The molecule has 0 aliphatic heterocycles. The smallest absolute Gasteiger partial charge is 0.119 e. The van der Waals surface area contributed by atoms with E-state index in [1.165, 1.54) is 0 Å². The first-order valence-corrected chi connectivity index (χ1v) is 6.67. The second kappa shape index (κ2) is 7.36. The molecule has 19 heavy (non-hydrogen) atoms. The molecule has 0 amide bonds. The quantitative estimate of drug-likeness (QED) is 0.784. The van der Waals surface area contributed by atoms with Gasteiger partial charge in [0, 0.05) is 12.1 Å². The molecule has 0 spiro atoms. The molecule has 0 bridgehead atoms. The predicted octanol–water partition coefficient (Wildman–Crippen LogP) is 2.17. The standard InChI is InChI=1S/C15H25NO3/c1-5-18-13-6-8-14(9-7-13)19-11-10-16(4)15(2,3)12-17/h6-9,17H,5,10-12H2,1-4H3. The number of aliphatic hydroxyl groups is 1. The van der Waals surface area contributed by atoms with Crippen LogP contribution in [0.5, 0.6) is 11.5 Å². The Labute approximate surface area is 115 Å². The van der Waals surface area contributed by atoms with E-state index in [0.717, 1.165) is 18.0 Å². The number of likely N-dealkylation sites (N-methyl/N-ethyl adjacent to an activating group) is 1. The van der Waals surface area contributed by atoms with Gasteiger partial charge in [0.25, 0.3) is 0 Å². The molecule has 0 fully saturated rings. The fourth-order valence-corrected chi connectivity index (χ4v) is 1.52. The maximum absolute atomic E-state index is 9.27. The van der Waals surface area contributed by atoms with Crippen molar-refractivity contribution in [3.8, 4) is 11.5 Å². The zero-order valence-corrected chi connectivity index (χ0v) is 12.3. The van der Waals surface area contributed by atoms with Crippen LogP contribution in [0.25, 0.3) is 0 Å². The monoisotopic (exact) mass is 267 g/mol. The van der Waals surface area contributed by atoms with Gasteiger partial charge in [-0.1, -0.05) is 0 Å². The number of rotatable bonds is 8. The molecule has 4 nitrogen and oxygen atoms in total. The molecule has 0 aromatic heterocycles. The second-order valence-electron chi connectivity index (χ2n) is 5.14. The van der Waals surface area contributed by atoms with Gasteiger partial charge >= 0.3 is 0 Å². The first-order chi connectivity index (χ1) is 8.99. The molecule has 4 heteroatoms. The van der Waals surface area contributed by atoms with Crippen LogP contribution in [-0.2, 0) is 0 Å². The number of nitrogens with zero attached hydrogens (tertiary/aromatic N) is 1. The topological polar surface area (TPSA) is 41.9 Å². The lowest BCUT2D eigenvalue weighted by Crippen LogP contribution is -2.45. The van der Waals surface area contributed by atoms with Gasteiger partial charge in [0.1, 0.15) is 18.1 Å². The highest BCUT2D eigenvalue weighted by atomic mass is 16.5. The van der Waals surface area contributed by atoms with Gasteiger partial charge in [0.2, 0.25) is 0 Å². The minimum Gasteiger partial charge on any atom is -0.494 e. The normalized spacial score (nSPS) is 11.7. The third-order valence-electron chi connectivity index (χ3n) is 3.25. The molecule has 0 saturated carbocycles. The second-order valence-corrected chi connectivity index (χ2v) is 5.14. The van der Waals surface area contributed by atoms with Gasteiger partial charge in [-0.3, -0.25) is 4.90 Å². The molecule has 0 heterocycles. The zero-order chi connectivity index (χ0) is 14.3. The predicted molar refractivity (Wildman–Crippen MR) is 76.9 cm³/mol. The summed E-state index contributed by atoms with van der Waals surface area (Å²) in [5.41, 5.74) is -0.220. The van der Waals surface area contributed by atoms with Gasteiger partial charge in [0.05, 0.1) is 13.2 Å². The largest absolute Gasteiger partial charge is 0.494 e. The summed E-state index contributed by atoms with van der Waals surface area (Å²) in [6.45, 7) is 8.12. The lowest BCUT2D eigenvalue weighted by molar-refractivity contribution is 0.0678. The van der Waals surface area contributed by atoms with Crippen LogP contribution in [0.4, 0.5) is 0 Å². The number of hydrogen-bond donors (Lipinski definition) is 1. The van der Waals surface area contributed by atoms with Crippen LogP contribution in [0.15, 0.2) is 24.3 Å². The van der Waals surface area contributed by atoms with Gasteiger partial charge in [0.15, 0.2) is 0 Å². The molecule has 1 rings (SSSR count). The van der Waals surface area contributed by atoms with Crippen molar-refractivity contribution in [2.24, 2.45) is 0 Å². The highest BCUT2D eigenvalue weighted by molar-refractivity contribution is 5.31. The van der Waals surface area contributed by atoms with E-state index in [1.807, 2.05) is 52.1 Å². The summed E-state index contributed by atoms with van der Waals surface area (Å²) in [5, 5.41) is 9.27. The molecule has 1 N–H and O–H groups in total. The van der Waals surface area contributed by atoms with Crippen molar-refractivity contribution >= 4 is 0 Å². The van der Waals surface area contributed by atoms with Crippen molar-refractivity contribution in [2.45, 2.75) is 26.3 Å². The van der Waals surface area contributed by atoms with Gasteiger partial charge < -0.3 is 14.6 Å². The summed E-state index contributed by atoms with van der Waals surface area (Å²) < 4.78 is 11.0. The Bertz CT molecular complexity index is 362. The van der Waals surface area contributed by atoms with Crippen LogP contribution < -0.4 is 9.47 Å². The van der Waals surface area contributed by atoms with Crippen molar-refractivity contribution in [3.05, 3.63) is 24.3 Å². The molecule has 1 aromatic rings. The van der Waals surface area contributed by atoms with Crippen molar-refractivity contribution in [3.63, 3.8) is 0 Å². The maximum atomic E-state index is 9.27. The Morgan fingerprint density at radius 3 is 2.11 bits per heavy atom. The summed E-state index contributed by atoms with van der Waals surface area (Å²) in [6.07, 6.45) is 0. The zero-order valence-electron chi connectivity index (χ0n) is 12.3. The van der Waals surface area contributed by atoms with Gasteiger partial charge in [-0.05, 0) is 52.1 Å². The molecular formula is C15H25NO3. The fraction of sp³-hybridized carbons (Fsp3) is 0.600.